The number of hydrogen-bond acceptors (Lipinski definition) is 4. The van der Waals surface area contributed by atoms with Crippen LogP contribution >= 0.6 is 11.8 Å². The van der Waals surface area contributed by atoms with Crippen LogP contribution in [-0.4, -0.2) is 16.5 Å². The molecule has 17 heavy (non-hydrogen) atoms. The zero-order valence-corrected chi connectivity index (χ0v) is 10.8. The average molecular weight is 245 g/mol. The van der Waals surface area contributed by atoms with E-state index in [1.54, 1.807) is 17.8 Å². The zero-order chi connectivity index (χ0) is 12.3. The minimum Gasteiger partial charge on any atom is -0.335 e. The van der Waals surface area contributed by atoms with Gasteiger partial charge in [-0.1, -0.05) is 24.8 Å². The second kappa shape index (κ2) is 4.80. The number of thioether (sulfide) groups is 1. The van der Waals surface area contributed by atoms with Gasteiger partial charge in [0.15, 0.2) is 5.17 Å². The lowest BCUT2D eigenvalue weighted by molar-refractivity contribution is 0.523. The Morgan fingerprint density at radius 3 is 3.06 bits per heavy atom. The van der Waals surface area contributed by atoms with Crippen LogP contribution in [0.5, 0.6) is 0 Å². The van der Waals surface area contributed by atoms with E-state index in [0.717, 1.165) is 23.0 Å². The van der Waals surface area contributed by atoms with Gasteiger partial charge in [0, 0.05) is 11.4 Å². The molecule has 1 aromatic carbocycles. The van der Waals surface area contributed by atoms with Crippen molar-refractivity contribution in [3.8, 4) is 6.07 Å². The number of nitriles is 1. The largest absolute Gasteiger partial charge is 0.335 e. The van der Waals surface area contributed by atoms with E-state index in [1.807, 2.05) is 18.2 Å². The first kappa shape index (κ1) is 12.0. The lowest BCUT2D eigenvalue weighted by Crippen LogP contribution is -2.20. The van der Waals surface area contributed by atoms with Crippen LogP contribution in [0.3, 0.4) is 0 Å². The maximum atomic E-state index is 8.83. The molecule has 0 aromatic heterocycles. The lowest BCUT2D eigenvalue weighted by atomic mass is 10.0. The van der Waals surface area contributed by atoms with Crippen LogP contribution < -0.4 is 5.32 Å². The summed E-state index contributed by atoms with van der Waals surface area (Å²) < 4.78 is 0. The molecule has 1 aliphatic heterocycles. The van der Waals surface area contributed by atoms with Crippen molar-refractivity contribution in [3.05, 3.63) is 29.8 Å². The number of aliphatic imine (C=N–C) groups is 1. The Balaban J connectivity index is 2.12. The predicted molar refractivity (Wildman–Crippen MR) is 73.4 cm³/mol. The number of anilines is 1. The topological polar surface area (TPSA) is 48.2 Å². The average Bonchev–Trinajstić information content (AvgIpc) is 2.72. The minimum absolute atomic E-state index is 0.0554. The summed E-state index contributed by atoms with van der Waals surface area (Å²) in [5.74, 6) is 1.02. The van der Waals surface area contributed by atoms with Gasteiger partial charge in [0.1, 0.15) is 0 Å². The molecule has 0 fully saturated rings. The number of rotatable bonds is 2. The molecular weight excluding hydrogens is 230 g/mol. The highest BCUT2D eigenvalue weighted by Crippen LogP contribution is 2.30. The Morgan fingerprint density at radius 2 is 2.41 bits per heavy atom. The number of nitrogens with one attached hydrogen (secondary N) is 1. The van der Waals surface area contributed by atoms with Gasteiger partial charge in [-0.2, -0.15) is 5.26 Å². The van der Waals surface area contributed by atoms with E-state index in [4.69, 9.17) is 5.26 Å². The van der Waals surface area contributed by atoms with Crippen LogP contribution in [-0.2, 0) is 0 Å². The molecule has 88 valence electrons. The maximum absolute atomic E-state index is 8.83. The molecule has 1 aromatic rings. The summed E-state index contributed by atoms with van der Waals surface area (Å²) in [7, 11) is 0. The molecule has 0 amide bonds. The zero-order valence-electron chi connectivity index (χ0n) is 10.0. The summed E-state index contributed by atoms with van der Waals surface area (Å²) in [6.45, 7) is 4.32. The molecule has 1 aliphatic rings. The number of hydrogen-bond donors (Lipinski definition) is 1. The Hall–Kier alpha value is -1.47. The van der Waals surface area contributed by atoms with Crippen molar-refractivity contribution in [3.63, 3.8) is 0 Å². The van der Waals surface area contributed by atoms with Gasteiger partial charge in [-0.05, 0) is 31.5 Å². The molecule has 0 saturated heterocycles. The van der Waals surface area contributed by atoms with Crippen molar-refractivity contribution in [2.75, 3.05) is 11.1 Å². The molecule has 1 unspecified atom stereocenters. The van der Waals surface area contributed by atoms with Crippen LogP contribution in [0.15, 0.2) is 29.3 Å². The van der Waals surface area contributed by atoms with Gasteiger partial charge in [-0.3, -0.25) is 4.99 Å². The number of amidine groups is 1. The molecule has 2 rings (SSSR count). The van der Waals surface area contributed by atoms with Crippen molar-refractivity contribution in [2.45, 2.75) is 25.8 Å². The van der Waals surface area contributed by atoms with Gasteiger partial charge in [0.2, 0.25) is 0 Å². The second-order valence-corrected chi connectivity index (χ2v) is 5.34. The first-order chi connectivity index (χ1) is 8.15. The minimum atomic E-state index is 0.0554. The molecule has 1 heterocycles. The molecule has 0 aliphatic carbocycles. The highest BCUT2D eigenvalue weighted by molar-refractivity contribution is 8.14. The molecule has 4 heteroatoms. The van der Waals surface area contributed by atoms with Gasteiger partial charge >= 0.3 is 0 Å². The fraction of sp³-hybridized carbons (Fsp3) is 0.385. The SMILES string of the molecule is CCC1(C)CSC(Nc2cccc(C#N)c2)=N1. The summed E-state index contributed by atoms with van der Waals surface area (Å²) in [6.07, 6.45) is 1.05. The van der Waals surface area contributed by atoms with E-state index in [9.17, 15) is 0 Å². The van der Waals surface area contributed by atoms with Crippen molar-refractivity contribution in [2.24, 2.45) is 4.99 Å². The highest BCUT2D eigenvalue weighted by Gasteiger charge is 2.28. The van der Waals surface area contributed by atoms with Crippen LogP contribution in [0.25, 0.3) is 0 Å². The van der Waals surface area contributed by atoms with Gasteiger partial charge in [-0.25, -0.2) is 0 Å². The molecule has 1 atom stereocenters. The molecule has 1 N–H and O–H groups in total. The quantitative estimate of drug-likeness (QED) is 0.870. The van der Waals surface area contributed by atoms with Crippen molar-refractivity contribution in [1.82, 2.24) is 0 Å². The van der Waals surface area contributed by atoms with E-state index in [2.05, 4.69) is 30.2 Å². The van der Waals surface area contributed by atoms with Crippen molar-refractivity contribution in [1.29, 1.82) is 5.26 Å². The summed E-state index contributed by atoms with van der Waals surface area (Å²) in [5, 5.41) is 13.0. The lowest BCUT2D eigenvalue weighted by Gasteiger charge is -2.15. The Labute approximate surface area is 106 Å². The molecular formula is C13H15N3S. The van der Waals surface area contributed by atoms with Gasteiger partial charge in [0.25, 0.3) is 0 Å². The van der Waals surface area contributed by atoms with Gasteiger partial charge < -0.3 is 5.32 Å². The van der Waals surface area contributed by atoms with Crippen LogP contribution in [0.2, 0.25) is 0 Å². The van der Waals surface area contributed by atoms with Crippen LogP contribution in [0.1, 0.15) is 25.8 Å². The van der Waals surface area contributed by atoms with Crippen LogP contribution in [0, 0.1) is 11.3 Å². The maximum Gasteiger partial charge on any atom is 0.161 e. The third-order valence-corrected chi connectivity index (χ3v) is 4.13. The van der Waals surface area contributed by atoms with E-state index >= 15 is 0 Å². The number of nitrogens with zero attached hydrogens (tertiary/aromatic N) is 2. The highest BCUT2D eigenvalue weighted by atomic mass is 32.2. The summed E-state index contributed by atoms with van der Waals surface area (Å²) in [5.41, 5.74) is 1.65. The third-order valence-electron chi connectivity index (χ3n) is 2.90. The van der Waals surface area contributed by atoms with Gasteiger partial charge in [0.05, 0.1) is 17.2 Å². The van der Waals surface area contributed by atoms with E-state index in [0.29, 0.717) is 5.56 Å². The first-order valence-electron chi connectivity index (χ1n) is 5.65. The fourth-order valence-electron chi connectivity index (χ4n) is 1.57. The Kier molecular flexibility index (Phi) is 3.39. The molecule has 0 bridgehead atoms. The summed E-state index contributed by atoms with van der Waals surface area (Å²) in [4.78, 5) is 4.67. The molecule has 0 saturated carbocycles. The Bertz CT molecular complexity index is 490. The fourth-order valence-corrected chi connectivity index (χ4v) is 2.76. The third kappa shape index (κ3) is 2.80. The summed E-state index contributed by atoms with van der Waals surface area (Å²) >= 11 is 1.74. The van der Waals surface area contributed by atoms with Crippen LogP contribution in [0.4, 0.5) is 5.69 Å². The normalized spacial score (nSPS) is 23.0. The second-order valence-electron chi connectivity index (χ2n) is 4.37. The molecule has 0 spiro atoms. The van der Waals surface area contributed by atoms with E-state index < -0.39 is 0 Å². The van der Waals surface area contributed by atoms with Gasteiger partial charge in [-0.15, -0.1) is 0 Å². The number of benzene rings is 1. The van der Waals surface area contributed by atoms with E-state index in [1.165, 1.54) is 0 Å². The Morgan fingerprint density at radius 1 is 1.59 bits per heavy atom. The standard InChI is InChI=1S/C13H15N3S/c1-3-13(2)9-17-12(16-13)15-11-6-4-5-10(7-11)8-14/h4-7H,3,9H2,1-2H3,(H,15,16). The molecule has 3 nitrogen and oxygen atoms in total. The van der Waals surface area contributed by atoms with Crippen molar-refractivity contribution < 1.29 is 0 Å². The predicted octanol–water partition coefficient (Wildman–Crippen LogP) is 3.24. The van der Waals surface area contributed by atoms with Crippen molar-refractivity contribution >= 4 is 22.6 Å². The first-order valence-corrected chi connectivity index (χ1v) is 6.63. The molecule has 0 radical (unpaired) electrons. The smallest absolute Gasteiger partial charge is 0.161 e. The monoisotopic (exact) mass is 245 g/mol. The van der Waals surface area contributed by atoms with E-state index in [-0.39, 0.29) is 5.54 Å². The summed E-state index contributed by atoms with van der Waals surface area (Å²) in [6, 6.07) is 9.59.